The molecule has 2 N–H and O–H groups in total. The molecule has 0 atom stereocenters. The Hall–Kier alpha value is -1.62. The second kappa shape index (κ2) is 4.71. The molecule has 1 aliphatic rings. The lowest BCUT2D eigenvalue weighted by Gasteiger charge is -2.20. The Morgan fingerprint density at radius 3 is 2.76 bits per heavy atom. The normalized spacial score (nSPS) is 15.2. The molecular formula is C12H17N3O2. The zero-order valence-corrected chi connectivity index (χ0v) is 9.93. The molecule has 1 aromatic carbocycles. The predicted octanol–water partition coefficient (Wildman–Crippen LogP) is 2.16. The fourth-order valence-corrected chi connectivity index (χ4v) is 2.05. The molecule has 2 rings (SSSR count). The zero-order valence-electron chi connectivity index (χ0n) is 9.93. The van der Waals surface area contributed by atoms with Gasteiger partial charge in [-0.3, -0.25) is 15.0 Å². The van der Waals surface area contributed by atoms with Crippen molar-refractivity contribution in [2.24, 2.45) is 0 Å². The minimum Gasteiger partial charge on any atom is -0.393 e. The maximum Gasteiger partial charge on any atom is 0.292 e. The maximum absolute atomic E-state index is 10.8. The number of hydrogen-bond acceptors (Lipinski definition) is 4. The summed E-state index contributed by atoms with van der Waals surface area (Å²) in [5, 5.41) is 10.8. The van der Waals surface area contributed by atoms with Crippen LogP contribution in [0.4, 0.5) is 11.4 Å². The lowest BCUT2D eigenvalue weighted by molar-refractivity contribution is -0.384. The lowest BCUT2D eigenvalue weighted by Crippen LogP contribution is -2.25. The number of para-hydroxylation sites is 1. The number of nitro benzene ring substituents is 1. The molecule has 0 amide bonds. The summed E-state index contributed by atoms with van der Waals surface area (Å²) >= 11 is 0. The minimum atomic E-state index is -0.424. The smallest absolute Gasteiger partial charge is 0.292 e. The monoisotopic (exact) mass is 235 g/mol. The molecule has 5 nitrogen and oxygen atoms in total. The van der Waals surface area contributed by atoms with Gasteiger partial charge in [0.2, 0.25) is 0 Å². The Morgan fingerprint density at radius 1 is 1.53 bits per heavy atom. The van der Waals surface area contributed by atoms with Crippen molar-refractivity contribution < 1.29 is 4.92 Å². The second-order valence-corrected chi connectivity index (χ2v) is 4.40. The lowest BCUT2D eigenvalue weighted by atomic mass is 10.1. The van der Waals surface area contributed by atoms with Crippen LogP contribution in [0.3, 0.4) is 0 Å². The van der Waals surface area contributed by atoms with Crippen molar-refractivity contribution in [3.05, 3.63) is 33.9 Å². The first kappa shape index (κ1) is 11.9. The van der Waals surface area contributed by atoms with Crippen LogP contribution in [0.15, 0.2) is 18.2 Å². The molecular weight excluding hydrogens is 218 g/mol. The number of nitro groups is 1. The van der Waals surface area contributed by atoms with E-state index >= 15 is 0 Å². The van der Waals surface area contributed by atoms with Crippen LogP contribution in [0.1, 0.15) is 25.3 Å². The fourth-order valence-electron chi connectivity index (χ4n) is 2.05. The van der Waals surface area contributed by atoms with Crippen molar-refractivity contribution in [3.8, 4) is 0 Å². The van der Waals surface area contributed by atoms with Gasteiger partial charge in [0.1, 0.15) is 5.69 Å². The number of nitrogen functional groups attached to an aromatic ring is 1. The number of nitrogens with zero attached hydrogens (tertiary/aromatic N) is 2. The quantitative estimate of drug-likeness (QED) is 0.482. The molecule has 0 aromatic heterocycles. The van der Waals surface area contributed by atoms with Gasteiger partial charge in [0.05, 0.1) is 4.92 Å². The molecule has 1 aromatic rings. The van der Waals surface area contributed by atoms with Crippen LogP contribution in [0.5, 0.6) is 0 Å². The molecule has 0 bridgehead atoms. The molecule has 1 saturated carbocycles. The highest BCUT2D eigenvalue weighted by molar-refractivity contribution is 5.62. The first-order valence-electron chi connectivity index (χ1n) is 5.89. The average Bonchev–Trinajstić information content (AvgIpc) is 3.11. The van der Waals surface area contributed by atoms with Crippen molar-refractivity contribution in [2.45, 2.75) is 32.4 Å². The summed E-state index contributed by atoms with van der Waals surface area (Å²) < 4.78 is 0. The van der Waals surface area contributed by atoms with Crippen LogP contribution >= 0.6 is 0 Å². The Labute approximate surface area is 100 Å². The highest BCUT2D eigenvalue weighted by Crippen LogP contribution is 2.31. The third kappa shape index (κ3) is 2.55. The van der Waals surface area contributed by atoms with Crippen molar-refractivity contribution in [2.75, 3.05) is 12.3 Å². The number of rotatable bonds is 5. The van der Waals surface area contributed by atoms with E-state index < -0.39 is 4.92 Å². The van der Waals surface area contributed by atoms with Gasteiger partial charge in [0.15, 0.2) is 0 Å². The summed E-state index contributed by atoms with van der Waals surface area (Å²) in [6.45, 7) is 3.76. The number of nitrogens with two attached hydrogens (primary N) is 1. The second-order valence-electron chi connectivity index (χ2n) is 4.40. The third-order valence-corrected chi connectivity index (χ3v) is 3.21. The molecule has 0 heterocycles. The van der Waals surface area contributed by atoms with Crippen LogP contribution in [-0.4, -0.2) is 22.4 Å². The van der Waals surface area contributed by atoms with Crippen LogP contribution in [0.25, 0.3) is 0 Å². The topological polar surface area (TPSA) is 72.4 Å². The van der Waals surface area contributed by atoms with Crippen molar-refractivity contribution >= 4 is 11.4 Å². The van der Waals surface area contributed by atoms with E-state index in [2.05, 4.69) is 11.8 Å². The molecule has 17 heavy (non-hydrogen) atoms. The zero-order chi connectivity index (χ0) is 12.4. The van der Waals surface area contributed by atoms with E-state index in [1.807, 2.05) is 6.07 Å². The number of hydrogen-bond donors (Lipinski definition) is 1. The van der Waals surface area contributed by atoms with E-state index in [9.17, 15) is 10.1 Å². The van der Waals surface area contributed by atoms with E-state index in [-0.39, 0.29) is 5.69 Å². The summed E-state index contributed by atoms with van der Waals surface area (Å²) in [6, 6.07) is 5.66. The van der Waals surface area contributed by atoms with Gasteiger partial charge in [0.25, 0.3) is 5.69 Å². The van der Waals surface area contributed by atoms with Gasteiger partial charge < -0.3 is 5.73 Å². The first-order chi connectivity index (χ1) is 8.13. The van der Waals surface area contributed by atoms with Crippen LogP contribution in [0.2, 0.25) is 0 Å². The Morgan fingerprint density at radius 2 is 2.24 bits per heavy atom. The van der Waals surface area contributed by atoms with E-state index in [0.717, 1.165) is 12.1 Å². The van der Waals surface area contributed by atoms with Gasteiger partial charge in [-0.1, -0.05) is 19.1 Å². The fraction of sp³-hybridized carbons (Fsp3) is 0.500. The Kier molecular flexibility index (Phi) is 3.28. The third-order valence-electron chi connectivity index (χ3n) is 3.21. The molecule has 0 spiro atoms. The predicted molar refractivity (Wildman–Crippen MR) is 66.6 cm³/mol. The summed E-state index contributed by atoms with van der Waals surface area (Å²) in [6.07, 6.45) is 2.45. The summed E-state index contributed by atoms with van der Waals surface area (Å²) in [7, 11) is 0. The summed E-state index contributed by atoms with van der Waals surface area (Å²) in [4.78, 5) is 12.7. The number of anilines is 1. The van der Waals surface area contributed by atoms with Gasteiger partial charge in [-0.15, -0.1) is 0 Å². The van der Waals surface area contributed by atoms with Crippen LogP contribution < -0.4 is 5.73 Å². The van der Waals surface area contributed by atoms with Crippen LogP contribution in [-0.2, 0) is 6.54 Å². The van der Waals surface area contributed by atoms with Crippen molar-refractivity contribution in [3.63, 3.8) is 0 Å². The molecule has 0 unspecified atom stereocenters. The largest absolute Gasteiger partial charge is 0.393 e. The Balaban J connectivity index is 2.20. The standard InChI is InChI=1S/C12H17N3O2/c1-2-14(10-6-7-10)8-9-4-3-5-11(12(9)13)15(16)17/h3-5,10H,2,6-8,13H2,1H3. The van der Waals surface area contributed by atoms with Gasteiger partial charge >= 0.3 is 0 Å². The van der Waals surface area contributed by atoms with E-state index in [4.69, 9.17) is 5.73 Å². The number of benzene rings is 1. The molecule has 0 aliphatic heterocycles. The Bertz CT molecular complexity index is 430. The van der Waals surface area contributed by atoms with Crippen molar-refractivity contribution in [1.82, 2.24) is 4.90 Å². The molecule has 92 valence electrons. The van der Waals surface area contributed by atoms with E-state index in [0.29, 0.717) is 18.3 Å². The first-order valence-corrected chi connectivity index (χ1v) is 5.89. The SMILES string of the molecule is CCN(Cc1cccc([N+](=O)[O-])c1N)C1CC1. The molecule has 0 saturated heterocycles. The summed E-state index contributed by atoms with van der Waals surface area (Å²) in [5.41, 5.74) is 7.01. The maximum atomic E-state index is 10.8. The van der Waals surface area contributed by atoms with Crippen LogP contribution in [0, 0.1) is 10.1 Å². The molecule has 1 fully saturated rings. The van der Waals surface area contributed by atoms with Gasteiger partial charge in [-0.05, 0) is 24.9 Å². The molecule has 5 heteroatoms. The highest BCUT2D eigenvalue weighted by Gasteiger charge is 2.28. The van der Waals surface area contributed by atoms with E-state index in [1.165, 1.54) is 18.9 Å². The van der Waals surface area contributed by atoms with Gasteiger partial charge in [-0.2, -0.15) is 0 Å². The van der Waals surface area contributed by atoms with Gasteiger partial charge in [0, 0.05) is 18.7 Å². The van der Waals surface area contributed by atoms with E-state index in [1.54, 1.807) is 6.07 Å². The summed E-state index contributed by atoms with van der Waals surface area (Å²) in [5.74, 6) is 0. The molecule has 1 aliphatic carbocycles. The van der Waals surface area contributed by atoms with Crippen molar-refractivity contribution in [1.29, 1.82) is 0 Å². The average molecular weight is 235 g/mol. The molecule has 0 radical (unpaired) electrons. The highest BCUT2D eigenvalue weighted by atomic mass is 16.6. The minimum absolute atomic E-state index is 0.00866. The van der Waals surface area contributed by atoms with Gasteiger partial charge in [-0.25, -0.2) is 0 Å².